The number of rotatable bonds is 5. The monoisotopic (exact) mass is 256 g/mol. The summed E-state index contributed by atoms with van der Waals surface area (Å²) in [4.78, 5) is 12.2. The van der Waals surface area contributed by atoms with Crippen molar-refractivity contribution in [2.45, 2.75) is 13.0 Å². The lowest BCUT2D eigenvalue weighted by Gasteiger charge is -2.14. The lowest BCUT2D eigenvalue weighted by atomic mass is 9.99. The third kappa shape index (κ3) is 3.01. The zero-order valence-electron chi connectivity index (χ0n) is 10.7. The Morgan fingerprint density at radius 1 is 1.11 bits per heavy atom. The Kier molecular flexibility index (Phi) is 4.31. The van der Waals surface area contributed by atoms with E-state index < -0.39 is 6.10 Å². The molecule has 1 unspecified atom stereocenters. The summed E-state index contributed by atoms with van der Waals surface area (Å²) >= 11 is 0. The molecule has 0 aromatic heterocycles. The summed E-state index contributed by atoms with van der Waals surface area (Å²) in [6.07, 6.45) is -1.20. The Labute approximate surface area is 112 Å². The quantitative estimate of drug-likeness (QED) is 0.836. The highest BCUT2D eigenvalue weighted by atomic mass is 16.5. The van der Waals surface area contributed by atoms with Crippen molar-refractivity contribution in [2.24, 2.45) is 0 Å². The van der Waals surface area contributed by atoms with Crippen LogP contribution in [0.2, 0.25) is 0 Å². The van der Waals surface area contributed by atoms with Gasteiger partial charge in [-0.3, -0.25) is 4.79 Å². The summed E-state index contributed by atoms with van der Waals surface area (Å²) in [5.41, 5.74) is 0.986. The van der Waals surface area contributed by atoms with E-state index in [2.05, 4.69) is 0 Å². The van der Waals surface area contributed by atoms with Gasteiger partial charge in [-0.15, -0.1) is 0 Å². The van der Waals surface area contributed by atoms with E-state index in [9.17, 15) is 9.90 Å². The van der Waals surface area contributed by atoms with Gasteiger partial charge in [0.2, 0.25) is 0 Å². The van der Waals surface area contributed by atoms with Gasteiger partial charge in [0.1, 0.15) is 11.9 Å². The minimum Gasteiger partial charge on any atom is -0.493 e. The van der Waals surface area contributed by atoms with E-state index in [1.54, 1.807) is 42.5 Å². The molecule has 2 aromatic carbocycles. The molecule has 0 aliphatic heterocycles. The first-order valence-electron chi connectivity index (χ1n) is 6.23. The molecule has 0 heterocycles. The van der Waals surface area contributed by atoms with Crippen LogP contribution in [-0.4, -0.2) is 17.5 Å². The normalized spacial score (nSPS) is 11.9. The van der Waals surface area contributed by atoms with Gasteiger partial charge in [0, 0.05) is 11.1 Å². The van der Waals surface area contributed by atoms with E-state index in [4.69, 9.17) is 4.74 Å². The van der Waals surface area contributed by atoms with Gasteiger partial charge in [0.25, 0.3) is 0 Å². The van der Waals surface area contributed by atoms with Gasteiger partial charge in [-0.25, -0.2) is 0 Å². The van der Waals surface area contributed by atoms with Crippen molar-refractivity contribution in [3.05, 3.63) is 65.7 Å². The average molecular weight is 256 g/mol. The summed E-state index contributed by atoms with van der Waals surface area (Å²) in [6, 6.07) is 15.8. The molecule has 0 amide bonds. The van der Waals surface area contributed by atoms with E-state index in [-0.39, 0.29) is 5.78 Å². The number of hydrogen-bond donors (Lipinski definition) is 1. The molecule has 98 valence electrons. The maximum atomic E-state index is 12.2. The highest BCUT2D eigenvalue weighted by molar-refractivity contribution is 6.00. The Hall–Kier alpha value is -2.13. The second-order valence-electron chi connectivity index (χ2n) is 4.10. The molecule has 0 radical (unpaired) electrons. The minimum absolute atomic E-state index is 0.326. The fraction of sp³-hybridized carbons (Fsp3) is 0.188. The molecule has 0 spiro atoms. The molecule has 2 aromatic rings. The first kappa shape index (κ1) is 13.3. The van der Waals surface area contributed by atoms with Crippen LogP contribution in [0.3, 0.4) is 0 Å². The number of aliphatic hydroxyl groups excluding tert-OH is 1. The van der Waals surface area contributed by atoms with Crippen LogP contribution in [-0.2, 0) is 0 Å². The lowest BCUT2D eigenvalue weighted by Crippen LogP contribution is -2.13. The third-order valence-electron chi connectivity index (χ3n) is 2.82. The number of hydrogen-bond acceptors (Lipinski definition) is 3. The predicted molar refractivity (Wildman–Crippen MR) is 73.3 cm³/mol. The van der Waals surface area contributed by atoms with Gasteiger partial charge in [-0.2, -0.15) is 0 Å². The first-order chi connectivity index (χ1) is 9.24. The van der Waals surface area contributed by atoms with Crippen LogP contribution in [0.25, 0.3) is 0 Å². The standard InChI is InChI=1S/C16H16O3/c1-2-19-14-11-7-6-10-13(14)16(18)15(17)12-8-4-3-5-9-12/h3-11,16,18H,2H2,1H3. The molecule has 19 heavy (non-hydrogen) atoms. The van der Waals surface area contributed by atoms with Crippen LogP contribution in [0.5, 0.6) is 5.75 Å². The van der Waals surface area contributed by atoms with Gasteiger partial charge in [0.15, 0.2) is 5.78 Å². The molecule has 1 atom stereocenters. The van der Waals surface area contributed by atoms with Crippen LogP contribution in [0.1, 0.15) is 28.9 Å². The van der Waals surface area contributed by atoms with Crippen molar-refractivity contribution in [2.75, 3.05) is 6.61 Å². The molecule has 0 aliphatic carbocycles. The molecule has 3 nitrogen and oxygen atoms in total. The Bertz CT molecular complexity index is 549. The second-order valence-corrected chi connectivity index (χ2v) is 4.10. The maximum absolute atomic E-state index is 12.2. The molecule has 0 saturated carbocycles. The van der Waals surface area contributed by atoms with Gasteiger partial charge in [0.05, 0.1) is 6.61 Å². The number of ether oxygens (including phenoxy) is 1. The molecule has 0 bridgehead atoms. The number of Topliss-reactive ketones (excluding diaryl/α,β-unsaturated/α-hetero) is 1. The number of carbonyl (C=O) groups excluding carboxylic acids is 1. The number of aliphatic hydroxyl groups is 1. The van der Waals surface area contributed by atoms with Crippen molar-refractivity contribution in [3.8, 4) is 5.75 Å². The highest BCUT2D eigenvalue weighted by Crippen LogP contribution is 2.27. The second kappa shape index (κ2) is 6.16. The van der Waals surface area contributed by atoms with Gasteiger partial charge >= 0.3 is 0 Å². The smallest absolute Gasteiger partial charge is 0.195 e. The third-order valence-corrected chi connectivity index (χ3v) is 2.82. The lowest BCUT2D eigenvalue weighted by molar-refractivity contribution is 0.0741. The average Bonchev–Trinajstić information content (AvgIpc) is 2.47. The molecular formula is C16H16O3. The maximum Gasteiger partial charge on any atom is 0.195 e. The Balaban J connectivity index is 2.29. The summed E-state index contributed by atoms with van der Waals surface area (Å²) in [5, 5.41) is 10.2. The zero-order chi connectivity index (χ0) is 13.7. The fourth-order valence-corrected chi connectivity index (χ4v) is 1.89. The van der Waals surface area contributed by atoms with E-state index in [1.807, 2.05) is 19.1 Å². The van der Waals surface area contributed by atoms with E-state index in [0.717, 1.165) is 0 Å². The van der Waals surface area contributed by atoms with E-state index in [1.165, 1.54) is 0 Å². The molecular weight excluding hydrogens is 240 g/mol. The predicted octanol–water partition coefficient (Wildman–Crippen LogP) is 3.00. The van der Waals surface area contributed by atoms with Gasteiger partial charge in [-0.05, 0) is 13.0 Å². The van der Waals surface area contributed by atoms with E-state index >= 15 is 0 Å². The van der Waals surface area contributed by atoms with Crippen molar-refractivity contribution < 1.29 is 14.6 Å². The number of ketones is 1. The summed E-state index contributed by atoms with van der Waals surface area (Å²) in [7, 11) is 0. The van der Waals surface area contributed by atoms with Crippen molar-refractivity contribution in [1.82, 2.24) is 0 Å². The molecule has 1 N–H and O–H groups in total. The Morgan fingerprint density at radius 2 is 1.74 bits per heavy atom. The summed E-state index contributed by atoms with van der Waals surface area (Å²) in [5.74, 6) is 0.217. The summed E-state index contributed by atoms with van der Waals surface area (Å²) in [6.45, 7) is 2.35. The van der Waals surface area contributed by atoms with Crippen molar-refractivity contribution in [3.63, 3.8) is 0 Å². The molecule has 3 heteroatoms. The number of carbonyl (C=O) groups is 1. The molecule has 0 fully saturated rings. The molecule has 0 saturated heterocycles. The van der Waals surface area contributed by atoms with Crippen molar-refractivity contribution in [1.29, 1.82) is 0 Å². The van der Waals surface area contributed by atoms with Gasteiger partial charge < -0.3 is 9.84 Å². The topological polar surface area (TPSA) is 46.5 Å². The summed E-state index contributed by atoms with van der Waals surface area (Å²) < 4.78 is 5.43. The SMILES string of the molecule is CCOc1ccccc1C(O)C(=O)c1ccccc1. The molecule has 2 rings (SSSR count). The van der Waals surface area contributed by atoms with Crippen LogP contribution < -0.4 is 4.74 Å². The number of benzene rings is 2. The molecule has 0 aliphatic rings. The van der Waals surface area contributed by atoms with Crippen LogP contribution in [0, 0.1) is 0 Å². The van der Waals surface area contributed by atoms with Crippen molar-refractivity contribution >= 4 is 5.78 Å². The van der Waals surface area contributed by atoms with Crippen LogP contribution in [0.4, 0.5) is 0 Å². The largest absolute Gasteiger partial charge is 0.493 e. The van der Waals surface area contributed by atoms with Crippen LogP contribution in [0.15, 0.2) is 54.6 Å². The number of para-hydroxylation sites is 1. The van der Waals surface area contributed by atoms with Crippen LogP contribution >= 0.6 is 0 Å². The van der Waals surface area contributed by atoms with Gasteiger partial charge in [-0.1, -0.05) is 48.5 Å². The zero-order valence-corrected chi connectivity index (χ0v) is 10.7. The minimum atomic E-state index is -1.20. The Morgan fingerprint density at radius 3 is 2.42 bits per heavy atom. The first-order valence-corrected chi connectivity index (χ1v) is 6.23. The van der Waals surface area contributed by atoms with E-state index in [0.29, 0.717) is 23.5 Å². The fourth-order valence-electron chi connectivity index (χ4n) is 1.89. The highest BCUT2D eigenvalue weighted by Gasteiger charge is 2.22.